The summed E-state index contributed by atoms with van der Waals surface area (Å²) in [5.74, 6) is -0.177. The number of carbonyl (C=O) groups is 2. The van der Waals surface area contributed by atoms with Crippen LogP contribution in [0, 0.1) is 13.8 Å². The number of benzene rings is 3. The van der Waals surface area contributed by atoms with Crippen LogP contribution in [-0.2, 0) is 29.0 Å². The number of aryl methyl sites for hydroxylation is 2. The lowest BCUT2D eigenvalue weighted by Gasteiger charge is -2.32. The molecule has 3 aromatic rings. The topological polar surface area (TPSA) is 49.4 Å². The maximum Gasteiger partial charge on any atom is 0.243 e. The summed E-state index contributed by atoms with van der Waals surface area (Å²) >= 11 is 0. The molecule has 0 radical (unpaired) electrons. The molecule has 0 aromatic heterocycles. The lowest BCUT2D eigenvalue weighted by Crippen LogP contribution is -2.52. The molecular weight excluding hydrogens is 408 g/mol. The lowest BCUT2D eigenvalue weighted by molar-refractivity contribution is -0.141. The number of nitrogens with one attached hydrogen (secondary N) is 1. The summed E-state index contributed by atoms with van der Waals surface area (Å²) in [5.41, 5.74) is 5.26. The molecule has 0 spiro atoms. The molecule has 0 aliphatic carbocycles. The number of hydrogen-bond acceptors (Lipinski definition) is 2. The zero-order valence-corrected chi connectivity index (χ0v) is 20.0. The largest absolute Gasteiger partial charge is 0.352 e. The number of rotatable bonds is 9. The van der Waals surface area contributed by atoms with E-state index in [0.29, 0.717) is 13.0 Å². The smallest absolute Gasteiger partial charge is 0.243 e. The number of amides is 2. The zero-order valence-electron chi connectivity index (χ0n) is 20.0. The fourth-order valence-electron chi connectivity index (χ4n) is 3.90. The monoisotopic (exact) mass is 442 g/mol. The van der Waals surface area contributed by atoms with Gasteiger partial charge in [0.2, 0.25) is 11.8 Å². The van der Waals surface area contributed by atoms with E-state index in [0.717, 1.165) is 27.8 Å². The van der Waals surface area contributed by atoms with E-state index in [1.165, 1.54) is 0 Å². The van der Waals surface area contributed by atoms with Crippen LogP contribution in [0.15, 0.2) is 78.9 Å². The van der Waals surface area contributed by atoms with Gasteiger partial charge in [0.1, 0.15) is 6.04 Å². The van der Waals surface area contributed by atoms with E-state index >= 15 is 0 Å². The van der Waals surface area contributed by atoms with Crippen LogP contribution in [0.1, 0.15) is 41.7 Å². The van der Waals surface area contributed by atoms with E-state index in [1.807, 2.05) is 107 Å². The minimum Gasteiger partial charge on any atom is -0.352 e. The second kappa shape index (κ2) is 11.5. The highest BCUT2D eigenvalue weighted by atomic mass is 16.2. The first kappa shape index (κ1) is 24.2. The van der Waals surface area contributed by atoms with Gasteiger partial charge in [0.25, 0.3) is 0 Å². The SMILES string of the molecule is Cc1ccc(CN(C(=O)Cc2ccccc2C)[C@@H](Cc2ccccc2)C(=O)NC(C)C)cc1. The third-order valence-electron chi connectivity index (χ3n) is 5.78. The van der Waals surface area contributed by atoms with Gasteiger partial charge in [-0.05, 0) is 49.9 Å². The highest BCUT2D eigenvalue weighted by molar-refractivity contribution is 5.89. The first-order chi connectivity index (χ1) is 15.8. The fourth-order valence-corrected chi connectivity index (χ4v) is 3.90. The predicted octanol–water partition coefficient (Wildman–Crippen LogP) is 5.01. The maximum atomic E-state index is 13.7. The second-order valence-electron chi connectivity index (χ2n) is 8.98. The molecule has 1 atom stereocenters. The maximum absolute atomic E-state index is 13.7. The van der Waals surface area contributed by atoms with E-state index in [2.05, 4.69) is 5.32 Å². The van der Waals surface area contributed by atoms with Gasteiger partial charge in [-0.25, -0.2) is 0 Å². The van der Waals surface area contributed by atoms with Crippen molar-refractivity contribution in [2.24, 2.45) is 0 Å². The Kier molecular flexibility index (Phi) is 8.42. The molecule has 3 aromatic carbocycles. The molecule has 0 fully saturated rings. The molecule has 1 N–H and O–H groups in total. The highest BCUT2D eigenvalue weighted by Crippen LogP contribution is 2.18. The van der Waals surface area contributed by atoms with Crippen molar-refractivity contribution in [3.05, 3.63) is 107 Å². The summed E-state index contributed by atoms with van der Waals surface area (Å²) in [7, 11) is 0. The standard InChI is InChI=1S/C29H34N2O2/c1-21(2)30-29(33)27(18-24-11-6-5-7-12-24)31(20-25-16-14-22(3)15-17-25)28(32)19-26-13-9-8-10-23(26)4/h5-17,21,27H,18-20H2,1-4H3,(H,30,33)/t27-/m0/s1. The predicted molar refractivity (Wildman–Crippen MR) is 134 cm³/mol. The number of carbonyl (C=O) groups excluding carboxylic acids is 2. The molecule has 0 saturated heterocycles. The molecule has 0 bridgehead atoms. The summed E-state index contributed by atoms with van der Waals surface area (Å²) in [5, 5.41) is 3.04. The van der Waals surface area contributed by atoms with Crippen molar-refractivity contribution in [3.63, 3.8) is 0 Å². The van der Waals surface area contributed by atoms with Crippen LogP contribution in [0.3, 0.4) is 0 Å². The van der Waals surface area contributed by atoms with Crippen LogP contribution in [0.2, 0.25) is 0 Å². The third-order valence-corrected chi connectivity index (χ3v) is 5.78. The first-order valence-electron chi connectivity index (χ1n) is 11.6. The van der Waals surface area contributed by atoms with E-state index < -0.39 is 6.04 Å². The molecule has 4 nitrogen and oxygen atoms in total. The Hall–Kier alpha value is -3.40. The molecular formula is C29H34N2O2. The van der Waals surface area contributed by atoms with Crippen molar-refractivity contribution in [3.8, 4) is 0 Å². The summed E-state index contributed by atoms with van der Waals surface area (Å²) in [6.45, 7) is 8.32. The normalized spacial score (nSPS) is 11.8. The molecule has 0 aliphatic heterocycles. The lowest BCUT2D eigenvalue weighted by atomic mass is 10.00. The fraction of sp³-hybridized carbons (Fsp3) is 0.310. The number of hydrogen-bond donors (Lipinski definition) is 1. The van der Waals surface area contributed by atoms with Crippen molar-refractivity contribution in [1.82, 2.24) is 10.2 Å². The average Bonchev–Trinajstić information content (AvgIpc) is 2.79. The van der Waals surface area contributed by atoms with Crippen LogP contribution in [0.25, 0.3) is 0 Å². The molecule has 3 rings (SSSR count). The van der Waals surface area contributed by atoms with Crippen molar-refractivity contribution in [2.45, 2.75) is 59.2 Å². The van der Waals surface area contributed by atoms with Crippen LogP contribution in [0.5, 0.6) is 0 Å². The Morgan fingerprint density at radius 2 is 1.45 bits per heavy atom. The molecule has 0 unspecified atom stereocenters. The third kappa shape index (κ3) is 7.04. The summed E-state index contributed by atoms with van der Waals surface area (Å²) in [6, 6.07) is 25.4. The number of nitrogens with zero attached hydrogens (tertiary/aromatic N) is 1. The van der Waals surface area contributed by atoms with Gasteiger partial charge < -0.3 is 10.2 Å². The van der Waals surface area contributed by atoms with Gasteiger partial charge in [-0.3, -0.25) is 9.59 Å². The van der Waals surface area contributed by atoms with Gasteiger partial charge in [0.05, 0.1) is 6.42 Å². The van der Waals surface area contributed by atoms with Gasteiger partial charge in [0.15, 0.2) is 0 Å². The van der Waals surface area contributed by atoms with Gasteiger partial charge in [0, 0.05) is 19.0 Å². The molecule has 2 amide bonds. The van der Waals surface area contributed by atoms with E-state index in [1.54, 1.807) is 4.90 Å². The minimum atomic E-state index is -0.604. The van der Waals surface area contributed by atoms with E-state index in [-0.39, 0.29) is 24.3 Å². The van der Waals surface area contributed by atoms with Crippen LogP contribution in [-0.4, -0.2) is 28.8 Å². The van der Waals surface area contributed by atoms with E-state index in [4.69, 9.17) is 0 Å². The van der Waals surface area contributed by atoms with Crippen molar-refractivity contribution in [1.29, 1.82) is 0 Å². The van der Waals surface area contributed by atoms with Crippen molar-refractivity contribution in [2.75, 3.05) is 0 Å². The minimum absolute atomic E-state index is 0.0107. The second-order valence-corrected chi connectivity index (χ2v) is 8.98. The quantitative estimate of drug-likeness (QED) is 0.506. The Balaban J connectivity index is 1.97. The summed E-state index contributed by atoms with van der Waals surface area (Å²) in [6.07, 6.45) is 0.726. The van der Waals surface area contributed by atoms with Gasteiger partial charge >= 0.3 is 0 Å². The first-order valence-corrected chi connectivity index (χ1v) is 11.6. The molecule has 4 heteroatoms. The van der Waals surface area contributed by atoms with Crippen LogP contribution >= 0.6 is 0 Å². The molecule has 172 valence electrons. The molecule has 0 aliphatic rings. The van der Waals surface area contributed by atoms with Gasteiger partial charge in [-0.1, -0.05) is 84.4 Å². The summed E-state index contributed by atoms with van der Waals surface area (Å²) in [4.78, 5) is 28.8. The van der Waals surface area contributed by atoms with E-state index in [9.17, 15) is 9.59 Å². The van der Waals surface area contributed by atoms with Crippen LogP contribution < -0.4 is 5.32 Å². The Bertz CT molecular complexity index is 1060. The van der Waals surface area contributed by atoms with Gasteiger partial charge in [-0.2, -0.15) is 0 Å². The van der Waals surface area contributed by atoms with Crippen molar-refractivity contribution < 1.29 is 9.59 Å². The average molecular weight is 443 g/mol. The highest BCUT2D eigenvalue weighted by Gasteiger charge is 2.30. The molecule has 0 heterocycles. The zero-order chi connectivity index (χ0) is 23.8. The molecule has 33 heavy (non-hydrogen) atoms. The van der Waals surface area contributed by atoms with Crippen molar-refractivity contribution >= 4 is 11.8 Å². The molecule has 0 saturated carbocycles. The van der Waals surface area contributed by atoms with Gasteiger partial charge in [-0.15, -0.1) is 0 Å². The summed E-state index contributed by atoms with van der Waals surface area (Å²) < 4.78 is 0. The van der Waals surface area contributed by atoms with Crippen LogP contribution in [0.4, 0.5) is 0 Å². The Morgan fingerprint density at radius 1 is 0.818 bits per heavy atom. The Morgan fingerprint density at radius 3 is 2.09 bits per heavy atom. The Labute approximate surface area is 197 Å².